The Morgan fingerprint density at radius 3 is 2.67 bits per heavy atom. The summed E-state index contributed by atoms with van der Waals surface area (Å²) in [5.41, 5.74) is 2.28. The van der Waals surface area contributed by atoms with E-state index in [1.54, 1.807) is 0 Å². The number of nitrogens with zero attached hydrogens (tertiary/aromatic N) is 1. The van der Waals surface area contributed by atoms with Crippen LogP contribution in [0.5, 0.6) is 5.88 Å². The summed E-state index contributed by atoms with van der Waals surface area (Å²) in [5, 5.41) is 3.42. The molecule has 3 heteroatoms. The first-order valence-electron chi connectivity index (χ1n) is 8.50. The van der Waals surface area contributed by atoms with Gasteiger partial charge in [-0.05, 0) is 51.3 Å². The van der Waals surface area contributed by atoms with Crippen LogP contribution in [0, 0.1) is 6.92 Å². The molecule has 0 saturated heterocycles. The van der Waals surface area contributed by atoms with Crippen LogP contribution in [0.4, 0.5) is 0 Å². The van der Waals surface area contributed by atoms with Gasteiger partial charge in [0.25, 0.3) is 0 Å². The number of aromatic nitrogens is 1. The predicted octanol–water partition coefficient (Wildman–Crippen LogP) is 4.63. The molecule has 0 spiro atoms. The molecular formula is C18H32N2O. The Hall–Kier alpha value is -1.09. The number of aryl methyl sites for hydroxylation is 1. The Morgan fingerprint density at radius 1 is 1.14 bits per heavy atom. The second-order valence-corrected chi connectivity index (χ2v) is 5.91. The zero-order valence-corrected chi connectivity index (χ0v) is 14.2. The molecule has 0 bridgehead atoms. The van der Waals surface area contributed by atoms with Gasteiger partial charge in [0, 0.05) is 18.3 Å². The van der Waals surface area contributed by atoms with Crippen molar-refractivity contribution < 1.29 is 4.74 Å². The van der Waals surface area contributed by atoms with E-state index in [1.807, 2.05) is 6.92 Å². The summed E-state index contributed by atoms with van der Waals surface area (Å²) in [6.45, 7) is 10.5. The molecule has 1 N–H and O–H groups in total. The van der Waals surface area contributed by atoms with E-state index in [1.165, 1.54) is 31.2 Å². The molecule has 1 aromatic heterocycles. The third-order valence-electron chi connectivity index (χ3n) is 3.53. The predicted molar refractivity (Wildman–Crippen MR) is 89.8 cm³/mol. The minimum atomic E-state index is 0.243. The molecule has 0 aliphatic rings. The Morgan fingerprint density at radius 2 is 1.95 bits per heavy atom. The molecule has 0 fully saturated rings. The molecule has 1 atom stereocenters. The van der Waals surface area contributed by atoms with E-state index >= 15 is 0 Å². The lowest BCUT2D eigenvalue weighted by molar-refractivity contribution is 0.197. The lowest BCUT2D eigenvalue weighted by Gasteiger charge is -2.15. The molecule has 21 heavy (non-hydrogen) atoms. The van der Waals surface area contributed by atoms with Crippen molar-refractivity contribution in [2.45, 2.75) is 78.9 Å². The second-order valence-electron chi connectivity index (χ2n) is 5.91. The maximum absolute atomic E-state index is 5.98. The molecule has 0 saturated carbocycles. The number of hydrogen-bond acceptors (Lipinski definition) is 3. The van der Waals surface area contributed by atoms with E-state index in [0.717, 1.165) is 37.5 Å². The summed E-state index contributed by atoms with van der Waals surface area (Å²) in [7, 11) is 0. The standard InChI is InChI=1S/C18H32N2O/c1-5-7-8-9-10-16(4)21-18-13-17(12-15(3)20-18)14-19-11-6-2/h12-13,16,19H,5-11,14H2,1-4H3. The van der Waals surface area contributed by atoms with E-state index < -0.39 is 0 Å². The molecule has 0 amide bonds. The summed E-state index contributed by atoms with van der Waals surface area (Å²) >= 11 is 0. The monoisotopic (exact) mass is 292 g/mol. The van der Waals surface area contributed by atoms with Gasteiger partial charge in [0.05, 0.1) is 6.10 Å². The van der Waals surface area contributed by atoms with E-state index in [4.69, 9.17) is 4.74 Å². The summed E-state index contributed by atoms with van der Waals surface area (Å²) in [4.78, 5) is 4.50. The smallest absolute Gasteiger partial charge is 0.214 e. The van der Waals surface area contributed by atoms with Crippen LogP contribution in [0.1, 0.15) is 70.6 Å². The van der Waals surface area contributed by atoms with Crippen molar-refractivity contribution in [1.82, 2.24) is 10.3 Å². The quantitative estimate of drug-likeness (QED) is 0.604. The topological polar surface area (TPSA) is 34.1 Å². The van der Waals surface area contributed by atoms with Gasteiger partial charge in [-0.3, -0.25) is 0 Å². The number of nitrogens with one attached hydrogen (secondary N) is 1. The van der Waals surface area contributed by atoms with Gasteiger partial charge in [-0.25, -0.2) is 4.98 Å². The molecule has 120 valence electrons. The van der Waals surface area contributed by atoms with Crippen molar-refractivity contribution >= 4 is 0 Å². The summed E-state index contributed by atoms with van der Waals surface area (Å²) in [6, 6.07) is 4.19. The molecule has 0 radical (unpaired) electrons. The highest BCUT2D eigenvalue weighted by atomic mass is 16.5. The van der Waals surface area contributed by atoms with Crippen molar-refractivity contribution in [2.24, 2.45) is 0 Å². The number of unbranched alkanes of at least 4 members (excludes halogenated alkanes) is 3. The minimum Gasteiger partial charge on any atom is -0.475 e. The molecule has 0 aliphatic heterocycles. The largest absolute Gasteiger partial charge is 0.475 e. The normalized spacial score (nSPS) is 12.4. The molecule has 1 aromatic rings. The first-order valence-corrected chi connectivity index (χ1v) is 8.50. The van der Waals surface area contributed by atoms with Crippen LogP contribution in [-0.2, 0) is 6.54 Å². The van der Waals surface area contributed by atoms with Crippen molar-refractivity contribution in [3.8, 4) is 5.88 Å². The van der Waals surface area contributed by atoms with Crippen LogP contribution in [-0.4, -0.2) is 17.6 Å². The van der Waals surface area contributed by atoms with Crippen molar-refractivity contribution in [3.63, 3.8) is 0 Å². The zero-order valence-electron chi connectivity index (χ0n) is 14.2. The van der Waals surface area contributed by atoms with Crippen LogP contribution in [0.3, 0.4) is 0 Å². The maximum Gasteiger partial charge on any atom is 0.214 e. The fraction of sp³-hybridized carbons (Fsp3) is 0.722. The molecule has 1 rings (SSSR count). The van der Waals surface area contributed by atoms with E-state index in [2.05, 4.69) is 43.2 Å². The fourth-order valence-electron chi connectivity index (χ4n) is 2.40. The first-order chi connectivity index (χ1) is 10.2. The van der Waals surface area contributed by atoms with Crippen LogP contribution < -0.4 is 10.1 Å². The average Bonchev–Trinajstić information content (AvgIpc) is 2.43. The van der Waals surface area contributed by atoms with Gasteiger partial charge in [-0.15, -0.1) is 0 Å². The highest BCUT2D eigenvalue weighted by molar-refractivity contribution is 5.24. The van der Waals surface area contributed by atoms with E-state index in [-0.39, 0.29) is 6.10 Å². The van der Waals surface area contributed by atoms with Crippen molar-refractivity contribution in [2.75, 3.05) is 6.54 Å². The SMILES string of the molecule is CCCCCCC(C)Oc1cc(CNCCC)cc(C)n1. The average molecular weight is 292 g/mol. The highest BCUT2D eigenvalue weighted by Crippen LogP contribution is 2.16. The van der Waals surface area contributed by atoms with E-state index in [9.17, 15) is 0 Å². The molecule has 3 nitrogen and oxygen atoms in total. The third kappa shape index (κ3) is 8.05. The van der Waals surface area contributed by atoms with Crippen molar-refractivity contribution in [3.05, 3.63) is 23.4 Å². The summed E-state index contributed by atoms with van der Waals surface area (Å²) in [5.74, 6) is 0.770. The number of hydrogen-bond donors (Lipinski definition) is 1. The van der Waals surface area contributed by atoms with Gasteiger partial charge >= 0.3 is 0 Å². The van der Waals surface area contributed by atoms with Crippen LogP contribution in [0.2, 0.25) is 0 Å². The summed E-state index contributed by atoms with van der Waals surface area (Å²) < 4.78 is 5.98. The molecule has 1 unspecified atom stereocenters. The second kappa shape index (κ2) is 10.6. The Labute approximate surface area is 130 Å². The van der Waals surface area contributed by atoms with Gasteiger partial charge < -0.3 is 10.1 Å². The summed E-state index contributed by atoms with van der Waals surface area (Å²) in [6.07, 6.45) is 7.66. The maximum atomic E-state index is 5.98. The Bertz CT molecular complexity index is 393. The van der Waals surface area contributed by atoms with Crippen LogP contribution in [0.15, 0.2) is 12.1 Å². The minimum absolute atomic E-state index is 0.243. The molecule has 0 aromatic carbocycles. The Kier molecular flexibility index (Phi) is 9.07. The lowest BCUT2D eigenvalue weighted by Crippen LogP contribution is -2.16. The number of pyridine rings is 1. The van der Waals surface area contributed by atoms with Gasteiger partial charge in [-0.1, -0.05) is 33.1 Å². The first kappa shape index (κ1) is 18.0. The van der Waals surface area contributed by atoms with Gasteiger partial charge in [0.2, 0.25) is 5.88 Å². The Balaban J connectivity index is 2.45. The number of rotatable bonds is 11. The third-order valence-corrected chi connectivity index (χ3v) is 3.53. The lowest BCUT2D eigenvalue weighted by atomic mass is 10.1. The zero-order chi connectivity index (χ0) is 15.5. The van der Waals surface area contributed by atoms with E-state index in [0.29, 0.717) is 0 Å². The van der Waals surface area contributed by atoms with Gasteiger partial charge in [0.1, 0.15) is 0 Å². The molecule has 1 heterocycles. The number of ether oxygens (including phenoxy) is 1. The fourth-order valence-corrected chi connectivity index (χ4v) is 2.40. The van der Waals surface area contributed by atoms with Crippen molar-refractivity contribution in [1.29, 1.82) is 0 Å². The molecule has 0 aliphatic carbocycles. The van der Waals surface area contributed by atoms with Crippen LogP contribution >= 0.6 is 0 Å². The highest BCUT2D eigenvalue weighted by Gasteiger charge is 2.07. The van der Waals surface area contributed by atoms with Gasteiger partial charge in [0.15, 0.2) is 0 Å². The van der Waals surface area contributed by atoms with Gasteiger partial charge in [-0.2, -0.15) is 0 Å². The molecular weight excluding hydrogens is 260 g/mol. The van der Waals surface area contributed by atoms with Crippen LogP contribution in [0.25, 0.3) is 0 Å².